The van der Waals surface area contributed by atoms with Gasteiger partial charge in [-0.15, -0.1) is 0 Å². The molecule has 5 heteroatoms. The molecule has 2 rings (SSSR count). The Hall–Kier alpha value is -1.46. The number of imidazole rings is 1. The van der Waals surface area contributed by atoms with E-state index in [1.807, 2.05) is 17.7 Å². The molecular formula is C10H14N4O. The van der Waals surface area contributed by atoms with E-state index in [2.05, 4.69) is 9.97 Å². The van der Waals surface area contributed by atoms with E-state index in [-0.39, 0.29) is 0 Å². The molecule has 5 nitrogen and oxygen atoms in total. The molecule has 0 amide bonds. The lowest BCUT2D eigenvalue weighted by molar-refractivity contribution is 0.159. The summed E-state index contributed by atoms with van der Waals surface area (Å²) in [7, 11) is 1.88. The quantitative estimate of drug-likeness (QED) is 0.743. The van der Waals surface area contributed by atoms with E-state index in [0.29, 0.717) is 5.82 Å². The van der Waals surface area contributed by atoms with Crippen molar-refractivity contribution in [2.45, 2.75) is 19.1 Å². The molecule has 2 heterocycles. The molecule has 2 aromatic rings. The van der Waals surface area contributed by atoms with Crippen molar-refractivity contribution in [3.63, 3.8) is 0 Å². The molecule has 0 saturated heterocycles. The van der Waals surface area contributed by atoms with Gasteiger partial charge in [0.05, 0.1) is 23.9 Å². The molecule has 0 aliphatic carbocycles. The maximum atomic E-state index is 9.43. The topological polar surface area (TPSA) is 77.0 Å². The number of aliphatic hydroxyl groups is 1. The molecule has 0 aliphatic rings. The minimum absolute atomic E-state index is 0.470. The largest absolute Gasteiger partial charge is 0.391 e. The number of aliphatic hydroxyl groups excluding tert-OH is 1. The van der Waals surface area contributed by atoms with E-state index in [0.717, 1.165) is 11.0 Å². The van der Waals surface area contributed by atoms with Gasteiger partial charge in [-0.2, -0.15) is 0 Å². The van der Waals surface area contributed by atoms with Crippen LogP contribution in [0.2, 0.25) is 0 Å². The highest BCUT2D eigenvalue weighted by Gasteiger charge is 2.18. The van der Waals surface area contributed by atoms with Crippen molar-refractivity contribution in [3.8, 4) is 0 Å². The number of hydrogen-bond acceptors (Lipinski definition) is 4. The summed E-state index contributed by atoms with van der Waals surface area (Å²) in [5.74, 6) is 0.674. The Morgan fingerprint density at radius 1 is 1.53 bits per heavy atom. The van der Waals surface area contributed by atoms with Crippen LogP contribution in [0.5, 0.6) is 0 Å². The number of aryl methyl sites for hydroxylation is 1. The van der Waals surface area contributed by atoms with Crippen molar-refractivity contribution >= 4 is 11.0 Å². The third kappa shape index (κ3) is 1.60. The normalized spacial score (nSPS) is 15.5. The average Bonchev–Trinajstić information content (AvgIpc) is 2.56. The lowest BCUT2D eigenvalue weighted by Gasteiger charge is -2.13. The second kappa shape index (κ2) is 3.60. The molecule has 0 radical (unpaired) electrons. The Labute approximate surface area is 87.6 Å². The summed E-state index contributed by atoms with van der Waals surface area (Å²) in [5.41, 5.74) is 7.61. The predicted octanol–water partition coefficient (Wildman–Crippen LogP) is 0.349. The number of fused-ring (bicyclic) bond motifs is 1. The highest BCUT2D eigenvalue weighted by Crippen LogP contribution is 2.18. The van der Waals surface area contributed by atoms with Crippen molar-refractivity contribution in [2.24, 2.45) is 12.8 Å². The van der Waals surface area contributed by atoms with Crippen molar-refractivity contribution < 1.29 is 5.11 Å². The summed E-state index contributed by atoms with van der Waals surface area (Å²) in [6, 6.07) is 1.41. The molecule has 0 bridgehead atoms. The molecule has 0 saturated carbocycles. The van der Waals surface area contributed by atoms with Gasteiger partial charge in [0.2, 0.25) is 0 Å². The first-order chi connectivity index (χ1) is 7.11. The van der Waals surface area contributed by atoms with Crippen LogP contribution in [0, 0.1) is 0 Å². The fourth-order valence-corrected chi connectivity index (χ4v) is 1.58. The van der Waals surface area contributed by atoms with Crippen molar-refractivity contribution in [1.29, 1.82) is 0 Å². The van der Waals surface area contributed by atoms with Gasteiger partial charge in [-0.3, -0.25) is 4.98 Å². The Kier molecular flexibility index (Phi) is 2.42. The summed E-state index contributed by atoms with van der Waals surface area (Å²) in [5, 5.41) is 9.43. The minimum Gasteiger partial charge on any atom is -0.391 e. The zero-order valence-electron chi connectivity index (χ0n) is 8.75. The smallest absolute Gasteiger partial charge is 0.129 e. The molecule has 0 fully saturated rings. The fourth-order valence-electron chi connectivity index (χ4n) is 1.58. The Bertz CT molecular complexity index is 477. The molecular weight excluding hydrogens is 192 g/mol. The maximum Gasteiger partial charge on any atom is 0.129 e. The molecule has 0 aromatic carbocycles. The van der Waals surface area contributed by atoms with Crippen LogP contribution in [0.25, 0.3) is 11.0 Å². The second-order valence-corrected chi connectivity index (χ2v) is 3.66. The summed E-state index contributed by atoms with van der Waals surface area (Å²) in [6.07, 6.45) is 2.78. The number of nitrogens with zero attached hydrogens (tertiary/aromatic N) is 3. The molecule has 0 spiro atoms. The molecule has 15 heavy (non-hydrogen) atoms. The lowest BCUT2D eigenvalue weighted by Crippen LogP contribution is -2.26. The van der Waals surface area contributed by atoms with Gasteiger partial charge in [0, 0.05) is 13.2 Å². The molecule has 80 valence electrons. The third-order valence-corrected chi connectivity index (χ3v) is 2.54. The average molecular weight is 206 g/mol. The summed E-state index contributed by atoms with van der Waals surface area (Å²) in [6.45, 7) is 1.66. The van der Waals surface area contributed by atoms with E-state index in [1.54, 1.807) is 19.3 Å². The fraction of sp³-hybridized carbons (Fsp3) is 0.400. The second-order valence-electron chi connectivity index (χ2n) is 3.66. The van der Waals surface area contributed by atoms with Crippen LogP contribution < -0.4 is 5.73 Å². The van der Waals surface area contributed by atoms with Crippen molar-refractivity contribution in [1.82, 2.24) is 14.5 Å². The van der Waals surface area contributed by atoms with E-state index in [4.69, 9.17) is 5.73 Å². The number of aromatic nitrogens is 3. The van der Waals surface area contributed by atoms with Gasteiger partial charge < -0.3 is 15.4 Å². The molecule has 2 aromatic heterocycles. The van der Waals surface area contributed by atoms with E-state index < -0.39 is 12.1 Å². The number of rotatable bonds is 2. The Morgan fingerprint density at radius 2 is 2.27 bits per heavy atom. The Morgan fingerprint density at radius 3 is 2.87 bits per heavy atom. The summed E-state index contributed by atoms with van der Waals surface area (Å²) in [4.78, 5) is 8.34. The van der Waals surface area contributed by atoms with Crippen LogP contribution in [0.3, 0.4) is 0 Å². The van der Waals surface area contributed by atoms with Crippen LogP contribution >= 0.6 is 0 Å². The predicted molar refractivity (Wildman–Crippen MR) is 57.1 cm³/mol. The van der Waals surface area contributed by atoms with Gasteiger partial charge in [0.1, 0.15) is 11.3 Å². The van der Waals surface area contributed by atoms with Crippen LogP contribution in [-0.2, 0) is 7.05 Å². The number of nitrogens with two attached hydrogens (primary N) is 1. The van der Waals surface area contributed by atoms with Crippen LogP contribution in [0.15, 0.2) is 18.5 Å². The first-order valence-electron chi connectivity index (χ1n) is 4.81. The Balaban J connectivity index is 2.58. The van der Waals surface area contributed by atoms with Gasteiger partial charge in [-0.1, -0.05) is 0 Å². The van der Waals surface area contributed by atoms with Crippen molar-refractivity contribution in [2.75, 3.05) is 0 Å². The van der Waals surface area contributed by atoms with Crippen LogP contribution in [0.1, 0.15) is 18.8 Å². The van der Waals surface area contributed by atoms with E-state index in [1.165, 1.54) is 0 Å². The maximum absolute atomic E-state index is 9.43. The molecule has 0 aliphatic heterocycles. The van der Waals surface area contributed by atoms with E-state index >= 15 is 0 Å². The highest BCUT2D eigenvalue weighted by molar-refractivity contribution is 5.74. The van der Waals surface area contributed by atoms with E-state index in [9.17, 15) is 5.11 Å². The third-order valence-electron chi connectivity index (χ3n) is 2.54. The monoisotopic (exact) mass is 206 g/mol. The van der Waals surface area contributed by atoms with Gasteiger partial charge in [-0.05, 0) is 13.0 Å². The summed E-state index contributed by atoms with van der Waals surface area (Å²) < 4.78 is 1.88. The SMILES string of the molecule is CC(O)C(N)c1nc2cnccc2n1C. The molecule has 3 N–H and O–H groups in total. The van der Waals surface area contributed by atoms with Crippen molar-refractivity contribution in [3.05, 3.63) is 24.3 Å². The minimum atomic E-state index is -0.617. The lowest BCUT2D eigenvalue weighted by atomic mass is 10.2. The number of pyridine rings is 1. The standard InChI is InChI=1S/C10H14N4O/c1-6(15)9(11)10-13-7-5-12-4-3-8(7)14(10)2/h3-6,9,15H,11H2,1-2H3. The van der Waals surface area contributed by atoms with Gasteiger partial charge in [0.25, 0.3) is 0 Å². The zero-order valence-corrected chi connectivity index (χ0v) is 8.75. The molecule has 2 unspecified atom stereocenters. The van der Waals surface area contributed by atoms with Crippen LogP contribution in [-0.4, -0.2) is 25.7 Å². The summed E-state index contributed by atoms with van der Waals surface area (Å²) >= 11 is 0. The molecule has 2 atom stereocenters. The van der Waals surface area contributed by atoms with Gasteiger partial charge in [-0.25, -0.2) is 4.98 Å². The van der Waals surface area contributed by atoms with Crippen LogP contribution in [0.4, 0.5) is 0 Å². The first-order valence-corrected chi connectivity index (χ1v) is 4.81. The zero-order chi connectivity index (χ0) is 11.0. The van der Waals surface area contributed by atoms with Gasteiger partial charge in [0.15, 0.2) is 0 Å². The van der Waals surface area contributed by atoms with Gasteiger partial charge >= 0.3 is 0 Å². The number of hydrogen-bond donors (Lipinski definition) is 2. The first kappa shape index (κ1) is 10.1. The highest BCUT2D eigenvalue weighted by atomic mass is 16.3.